The van der Waals surface area contributed by atoms with Gasteiger partial charge in [0.15, 0.2) is 5.96 Å². The van der Waals surface area contributed by atoms with Crippen molar-refractivity contribution in [2.24, 2.45) is 28.1 Å². The Morgan fingerprint density at radius 1 is 0.703 bits per heavy atom. The number of hydrogen-bond acceptors (Lipinski definition) is 13. The second kappa shape index (κ2) is 25.9. The number of aliphatic carboxylic acids is 3. The van der Waals surface area contributed by atoms with Crippen LogP contribution in [0.15, 0.2) is 35.5 Å². The van der Waals surface area contributed by atoms with Crippen molar-refractivity contribution < 1.29 is 68.7 Å². The number of carboxylic acid groups (broad SMARTS) is 3. The Labute approximate surface area is 366 Å². The summed E-state index contributed by atoms with van der Waals surface area (Å²) in [4.78, 5) is 122. The topological polar surface area (TPSA) is 433 Å². The van der Waals surface area contributed by atoms with Gasteiger partial charge in [-0.05, 0) is 50.2 Å². The molecule has 8 atom stereocenters. The zero-order chi connectivity index (χ0) is 48.3. The third-order valence-corrected chi connectivity index (χ3v) is 9.52. The summed E-state index contributed by atoms with van der Waals surface area (Å²) in [6.07, 6.45) is -2.23. The number of aromatic nitrogens is 1. The molecule has 0 spiro atoms. The molecule has 0 fully saturated rings. The molecule has 0 aliphatic carbocycles. The summed E-state index contributed by atoms with van der Waals surface area (Å²) in [5.41, 5.74) is 17.6. The highest BCUT2D eigenvalue weighted by atomic mass is 16.4. The maximum absolute atomic E-state index is 14.2. The van der Waals surface area contributed by atoms with Crippen molar-refractivity contribution in [2.45, 2.75) is 114 Å². The van der Waals surface area contributed by atoms with Gasteiger partial charge in [-0.2, -0.15) is 0 Å². The number of amides is 6. The SMILES string of the molecule is CC(C)C[C@H](NC(=O)[C@H](Cc1c[nH]c2ccccc12)NC(=O)[C@H](CO)NC(=O)[C@H](CCCN=C(N)N)NC(=O)[C@@H](N)CC(=O)O)C(=O)N[C@H](C(=O)N[C@@H](CCC(=O)O)C(=O)O)[C@@H](C)O. The first-order valence-electron chi connectivity index (χ1n) is 20.2. The molecule has 6 amide bonds. The van der Waals surface area contributed by atoms with Crippen molar-refractivity contribution in [3.8, 4) is 0 Å². The van der Waals surface area contributed by atoms with Crippen molar-refractivity contribution in [1.82, 2.24) is 36.9 Å². The van der Waals surface area contributed by atoms with E-state index in [4.69, 9.17) is 27.4 Å². The van der Waals surface area contributed by atoms with E-state index in [9.17, 15) is 58.5 Å². The predicted molar refractivity (Wildman–Crippen MR) is 226 cm³/mol. The largest absolute Gasteiger partial charge is 0.481 e. The van der Waals surface area contributed by atoms with E-state index in [2.05, 4.69) is 41.9 Å². The van der Waals surface area contributed by atoms with E-state index in [0.29, 0.717) is 16.5 Å². The van der Waals surface area contributed by atoms with Gasteiger partial charge in [-0.1, -0.05) is 32.0 Å². The Balaban J connectivity index is 2.43. The van der Waals surface area contributed by atoms with Crippen molar-refractivity contribution >= 4 is 70.2 Å². The molecule has 1 aromatic carbocycles. The van der Waals surface area contributed by atoms with Crippen LogP contribution in [-0.4, -0.2) is 151 Å². The van der Waals surface area contributed by atoms with E-state index in [-0.39, 0.29) is 44.1 Å². The standard InChI is InChI=1S/C39H59N11O14/c1-18(2)13-26(35(60)50-31(19(3)52)37(62)46-25(38(63)64)10-11-29(53)54)47-34(59)27(14-20-16-44-23-8-5-4-7-21(20)23)48-36(61)28(17-51)49-33(58)24(9-6-12-43-39(41)42)45-32(57)22(40)15-30(55)56/h4-5,7-8,16,18-19,22,24-28,31,44,51-52H,6,9-15,17,40H2,1-3H3,(H,45,57)(H,46,62)(H,47,59)(H,48,61)(H,49,58)(H,50,60)(H,53,54)(H,55,56)(H,63,64)(H4,41,42,43)/t19-,22+,24+,25+,26+,27+,28+,31+/m1/s1. The van der Waals surface area contributed by atoms with Gasteiger partial charge in [0, 0.05) is 36.5 Å². The molecule has 0 aliphatic rings. The lowest BCUT2D eigenvalue weighted by Gasteiger charge is -2.28. The van der Waals surface area contributed by atoms with Gasteiger partial charge < -0.3 is 79.6 Å². The molecule has 0 saturated carbocycles. The van der Waals surface area contributed by atoms with Gasteiger partial charge in [0.25, 0.3) is 0 Å². The molecule has 1 heterocycles. The number of nitrogens with zero attached hydrogens (tertiary/aromatic N) is 1. The number of fused-ring (bicyclic) bond motifs is 1. The number of H-pyrrole nitrogens is 1. The van der Waals surface area contributed by atoms with E-state index in [0.717, 1.165) is 6.92 Å². The van der Waals surface area contributed by atoms with Crippen molar-refractivity contribution in [2.75, 3.05) is 13.2 Å². The molecular formula is C39H59N11O14. The van der Waals surface area contributed by atoms with E-state index in [1.54, 1.807) is 44.3 Å². The first kappa shape index (κ1) is 53.3. The average molecular weight is 906 g/mol. The lowest BCUT2D eigenvalue weighted by molar-refractivity contribution is -0.144. The van der Waals surface area contributed by atoms with E-state index in [1.165, 1.54) is 0 Å². The lowest BCUT2D eigenvalue weighted by atomic mass is 10.00. The summed E-state index contributed by atoms with van der Waals surface area (Å²) in [5.74, 6) is -11.0. The molecule has 25 nitrogen and oxygen atoms in total. The van der Waals surface area contributed by atoms with E-state index >= 15 is 0 Å². The molecule has 64 heavy (non-hydrogen) atoms. The number of hydrogen-bond donors (Lipinski definition) is 15. The molecular weight excluding hydrogens is 846 g/mol. The average Bonchev–Trinajstić information content (AvgIpc) is 3.62. The second-order valence-electron chi connectivity index (χ2n) is 15.3. The Hall–Kier alpha value is -6.86. The van der Waals surface area contributed by atoms with Crippen LogP contribution < -0.4 is 49.1 Å². The number of para-hydroxylation sites is 1. The molecule has 2 aromatic rings. The van der Waals surface area contributed by atoms with Crippen LogP contribution in [0, 0.1) is 5.92 Å². The highest BCUT2D eigenvalue weighted by molar-refractivity contribution is 5.98. The second-order valence-corrected chi connectivity index (χ2v) is 15.3. The molecule has 0 radical (unpaired) electrons. The molecule has 0 saturated heterocycles. The highest BCUT2D eigenvalue weighted by Gasteiger charge is 2.35. The van der Waals surface area contributed by atoms with Crippen LogP contribution >= 0.6 is 0 Å². The number of carboxylic acids is 3. The van der Waals surface area contributed by atoms with Gasteiger partial charge in [-0.25, -0.2) is 4.79 Å². The maximum atomic E-state index is 14.2. The fourth-order valence-corrected chi connectivity index (χ4v) is 6.22. The molecule has 1 aromatic heterocycles. The molecule has 0 bridgehead atoms. The molecule has 354 valence electrons. The number of nitrogens with one attached hydrogen (secondary N) is 7. The van der Waals surface area contributed by atoms with Crippen LogP contribution in [0.25, 0.3) is 10.9 Å². The van der Waals surface area contributed by atoms with Gasteiger partial charge in [-0.15, -0.1) is 0 Å². The van der Waals surface area contributed by atoms with Gasteiger partial charge >= 0.3 is 17.9 Å². The quantitative estimate of drug-likeness (QED) is 0.0219. The normalized spacial score (nSPS) is 14.9. The molecule has 0 aliphatic heterocycles. The molecule has 0 unspecified atom stereocenters. The number of aromatic amines is 1. The zero-order valence-corrected chi connectivity index (χ0v) is 35.5. The highest BCUT2D eigenvalue weighted by Crippen LogP contribution is 2.20. The van der Waals surface area contributed by atoms with Crippen LogP contribution in [-0.2, 0) is 49.6 Å². The third-order valence-electron chi connectivity index (χ3n) is 9.52. The van der Waals surface area contributed by atoms with Crippen LogP contribution in [0.4, 0.5) is 0 Å². The third kappa shape index (κ3) is 17.9. The first-order chi connectivity index (χ1) is 30.0. The summed E-state index contributed by atoms with van der Waals surface area (Å²) in [5, 5.41) is 63.1. The Morgan fingerprint density at radius 2 is 1.27 bits per heavy atom. The minimum absolute atomic E-state index is 0.0141. The zero-order valence-electron chi connectivity index (χ0n) is 35.5. The monoisotopic (exact) mass is 905 g/mol. The van der Waals surface area contributed by atoms with Crippen LogP contribution in [0.1, 0.15) is 64.9 Å². The van der Waals surface area contributed by atoms with Crippen LogP contribution in [0.5, 0.6) is 0 Å². The predicted octanol–water partition coefficient (Wildman–Crippen LogP) is -4.16. The fourth-order valence-electron chi connectivity index (χ4n) is 6.22. The maximum Gasteiger partial charge on any atom is 0.326 e. The number of aliphatic imine (C=N–C) groups is 1. The smallest absolute Gasteiger partial charge is 0.326 e. The van der Waals surface area contributed by atoms with Crippen molar-refractivity contribution in [3.63, 3.8) is 0 Å². The van der Waals surface area contributed by atoms with Crippen LogP contribution in [0.3, 0.4) is 0 Å². The number of aliphatic hydroxyl groups is 2. The fraction of sp³-hybridized carbons (Fsp3) is 0.538. The van der Waals surface area contributed by atoms with Gasteiger partial charge in [0.1, 0.15) is 36.3 Å². The summed E-state index contributed by atoms with van der Waals surface area (Å²) in [6.45, 7) is 3.54. The van der Waals surface area contributed by atoms with E-state index < -0.39 is 128 Å². The summed E-state index contributed by atoms with van der Waals surface area (Å²) >= 11 is 0. The minimum atomic E-state index is -1.77. The van der Waals surface area contributed by atoms with Gasteiger partial charge in [0.2, 0.25) is 35.4 Å². The summed E-state index contributed by atoms with van der Waals surface area (Å²) in [7, 11) is 0. The summed E-state index contributed by atoms with van der Waals surface area (Å²) < 4.78 is 0. The summed E-state index contributed by atoms with van der Waals surface area (Å²) in [6, 6.07) is -4.16. The number of rotatable bonds is 28. The van der Waals surface area contributed by atoms with Gasteiger partial charge in [0.05, 0.1) is 25.2 Å². The van der Waals surface area contributed by atoms with Crippen molar-refractivity contribution in [3.05, 3.63) is 36.0 Å². The number of carbonyl (C=O) groups is 9. The molecule has 18 N–H and O–H groups in total. The Bertz CT molecular complexity index is 2000. The van der Waals surface area contributed by atoms with Crippen LogP contribution in [0.2, 0.25) is 0 Å². The number of guanidine groups is 1. The number of nitrogens with two attached hydrogens (primary N) is 3. The Kier molecular flexibility index (Phi) is 21.6. The van der Waals surface area contributed by atoms with Crippen molar-refractivity contribution in [1.29, 1.82) is 0 Å². The first-order valence-corrected chi connectivity index (χ1v) is 20.2. The molecule has 2 rings (SSSR count). The van der Waals surface area contributed by atoms with E-state index in [1.807, 2.05) is 0 Å². The number of benzene rings is 1. The number of aliphatic hydroxyl groups excluding tert-OH is 2. The number of carbonyl (C=O) groups excluding carboxylic acids is 6. The minimum Gasteiger partial charge on any atom is -0.481 e. The molecule has 25 heteroatoms. The van der Waals surface area contributed by atoms with Gasteiger partial charge in [-0.3, -0.25) is 43.3 Å². The lowest BCUT2D eigenvalue weighted by Crippen LogP contribution is -2.61. The Morgan fingerprint density at radius 3 is 1.84 bits per heavy atom.